The molecule has 0 saturated heterocycles. The Labute approximate surface area is 140 Å². The lowest BCUT2D eigenvalue weighted by Crippen LogP contribution is -2.37. The minimum atomic E-state index is -0.554. The molecule has 1 aliphatic heterocycles. The fourth-order valence-electron chi connectivity index (χ4n) is 2.47. The minimum absolute atomic E-state index is 0.194. The van der Waals surface area contributed by atoms with E-state index in [-0.39, 0.29) is 11.1 Å². The lowest BCUT2D eigenvalue weighted by Gasteiger charge is -2.24. The molecule has 0 atom stereocenters. The number of carbonyl (C=O) groups excluding carboxylic acids is 2. The maximum Gasteiger partial charge on any atom is 0.262 e. The maximum absolute atomic E-state index is 12.3. The molecule has 1 aromatic carbocycles. The lowest BCUT2D eigenvalue weighted by molar-refractivity contribution is -0.115. The second kappa shape index (κ2) is 7.72. The molecule has 2 amide bonds. The first-order chi connectivity index (χ1) is 11.6. The van der Waals surface area contributed by atoms with Crippen LogP contribution in [0.4, 0.5) is 0 Å². The number of imide groups is 1. The van der Waals surface area contributed by atoms with E-state index in [1.165, 1.54) is 13.4 Å². The summed E-state index contributed by atoms with van der Waals surface area (Å²) < 4.78 is 22.0. The summed E-state index contributed by atoms with van der Waals surface area (Å²) >= 11 is 0. The zero-order valence-electron chi connectivity index (χ0n) is 14.2. The van der Waals surface area contributed by atoms with Crippen molar-refractivity contribution in [1.82, 2.24) is 5.32 Å². The fraction of sp³-hybridized carbons (Fsp3) is 0.412. The van der Waals surface area contributed by atoms with E-state index in [0.717, 1.165) is 0 Å². The molecule has 0 saturated carbocycles. The molecule has 7 nitrogen and oxygen atoms in total. The van der Waals surface area contributed by atoms with Gasteiger partial charge in [0.1, 0.15) is 0 Å². The highest BCUT2D eigenvalue weighted by Crippen LogP contribution is 2.46. The Hall–Kier alpha value is -2.70. The van der Waals surface area contributed by atoms with Crippen molar-refractivity contribution in [2.75, 3.05) is 26.9 Å². The first kappa shape index (κ1) is 17.7. The molecule has 1 aliphatic rings. The van der Waals surface area contributed by atoms with Crippen molar-refractivity contribution in [2.45, 2.75) is 20.8 Å². The van der Waals surface area contributed by atoms with Crippen molar-refractivity contribution in [3.05, 3.63) is 23.5 Å². The van der Waals surface area contributed by atoms with E-state index in [1.807, 2.05) is 13.8 Å². The topological polar surface area (TPSA) is 83.1 Å². The Balaban J connectivity index is 2.81. The van der Waals surface area contributed by atoms with Crippen molar-refractivity contribution in [3.63, 3.8) is 0 Å². The van der Waals surface area contributed by atoms with Gasteiger partial charge in [-0.25, -0.2) is 0 Å². The molecule has 0 radical (unpaired) electrons. The molecule has 1 heterocycles. The number of hydrogen-bond acceptors (Lipinski definition) is 6. The molecule has 0 aliphatic carbocycles. The third-order valence-electron chi connectivity index (χ3n) is 3.30. The zero-order chi connectivity index (χ0) is 17.7. The van der Waals surface area contributed by atoms with E-state index in [2.05, 4.69) is 5.32 Å². The molecular weight excluding hydrogens is 314 g/mol. The number of rotatable bonds is 7. The third kappa shape index (κ3) is 3.15. The molecule has 0 unspecified atom stereocenters. The molecule has 2 rings (SSSR count). The van der Waals surface area contributed by atoms with Crippen molar-refractivity contribution < 1.29 is 28.5 Å². The SMILES string of the molecule is CCOc1cc2c(c(OCC)c1OCC)/C(=C/OC)C(=O)NC2=O. The zero-order valence-corrected chi connectivity index (χ0v) is 14.2. The largest absolute Gasteiger partial charge is 0.504 e. The molecule has 24 heavy (non-hydrogen) atoms. The predicted molar refractivity (Wildman–Crippen MR) is 87.4 cm³/mol. The monoisotopic (exact) mass is 335 g/mol. The number of ether oxygens (including phenoxy) is 4. The van der Waals surface area contributed by atoms with Gasteiger partial charge in [0, 0.05) is 5.56 Å². The van der Waals surface area contributed by atoms with Crippen LogP contribution in [-0.2, 0) is 9.53 Å². The van der Waals surface area contributed by atoms with E-state index in [9.17, 15) is 9.59 Å². The smallest absolute Gasteiger partial charge is 0.262 e. The number of carbonyl (C=O) groups is 2. The molecule has 0 bridgehead atoms. The Morgan fingerprint density at radius 3 is 2.17 bits per heavy atom. The Kier molecular flexibility index (Phi) is 5.68. The lowest BCUT2D eigenvalue weighted by atomic mass is 9.93. The van der Waals surface area contributed by atoms with Crippen molar-refractivity contribution >= 4 is 17.4 Å². The molecule has 7 heteroatoms. The summed E-state index contributed by atoms with van der Waals surface area (Å²) in [5, 5.41) is 2.28. The van der Waals surface area contributed by atoms with Crippen molar-refractivity contribution in [3.8, 4) is 17.2 Å². The molecular formula is C17H21NO6. The molecule has 0 spiro atoms. The van der Waals surface area contributed by atoms with E-state index < -0.39 is 11.8 Å². The number of hydrogen-bond donors (Lipinski definition) is 1. The number of benzene rings is 1. The third-order valence-corrected chi connectivity index (χ3v) is 3.30. The quantitative estimate of drug-likeness (QED) is 0.467. The van der Waals surface area contributed by atoms with Crippen LogP contribution >= 0.6 is 0 Å². The van der Waals surface area contributed by atoms with Gasteiger partial charge in [-0.3, -0.25) is 14.9 Å². The van der Waals surface area contributed by atoms with E-state index in [1.54, 1.807) is 13.0 Å². The average Bonchev–Trinajstić information content (AvgIpc) is 2.55. The highest BCUT2D eigenvalue weighted by Gasteiger charge is 2.34. The minimum Gasteiger partial charge on any atom is -0.504 e. The summed E-state index contributed by atoms with van der Waals surface area (Å²) in [5.74, 6) is -0.0193. The summed E-state index contributed by atoms with van der Waals surface area (Å²) in [6, 6.07) is 1.55. The number of amides is 2. The van der Waals surface area contributed by atoms with Crippen molar-refractivity contribution in [1.29, 1.82) is 0 Å². The van der Waals surface area contributed by atoms with Gasteiger partial charge in [-0.2, -0.15) is 0 Å². The van der Waals surface area contributed by atoms with Gasteiger partial charge in [0.15, 0.2) is 11.5 Å². The molecule has 1 N–H and O–H groups in total. The Morgan fingerprint density at radius 2 is 1.58 bits per heavy atom. The van der Waals surface area contributed by atoms with Gasteiger partial charge < -0.3 is 18.9 Å². The van der Waals surface area contributed by atoms with Crippen LogP contribution in [0.25, 0.3) is 5.57 Å². The second-order valence-electron chi connectivity index (χ2n) is 4.81. The summed E-state index contributed by atoms with van der Waals surface area (Å²) in [4.78, 5) is 24.5. The van der Waals surface area contributed by atoms with E-state index >= 15 is 0 Å². The van der Waals surface area contributed by atoms with Gasteiger partial charge in [-0.15, -0.1) is 0 Å². The van der Waals surface area contributed by atoms with Gasteiger partial charge in [0.05, 0.1) is 44.3 Å². The average molecular weight is 335 g/mol. The maximum atomic E-state index is 12.3. The standard InChI is InChI=1S/C17H21NO6/c1-5-22-12-8-10-13(15(24-7-3)14(12)23-6-2)11(9-21-4)17(20)18-16(10)19/h8-9H,5-7H2,1-4H3,(H,18,19,20)/b11-9-. The Morgan fingerprint density at radius 1 is 0.958 bits per heavy atom. The van der Waals surface area contributed by atoms with E-state index in [4.69, 9.17) is 18.9 Å². The molecule has 1 aromatic rings. The molecule has 0 fully saturated rings. The van der Waals surface area contributed by atoms with Crippen LogP contribution in [0.15, 0.2) is 12.3 Å². The summed E-state index contributed by atoms with van der Waals surface area (Å²) in [6.07, 6.45) is 1.28. The van der Waals surface area contributed by atoms with Crippen LogP contribution in [-0.4, -0.2) is 38.7 Å². The molecule has 0 aromatic heterocycles. The van der Waals surface area contributed by atoms with Gasteiger partial charge >= 0.3 is 0 Å². The number of nitrogens with one attached hydrogen (secondary N) is 1. The van der Waals surface area contributed by atoms with Crippen LogP contribution in [0.1, 0.15) is 36.7 Å². The number of methoxy groups -OCH3 is 1. The summed E-state index contributed by atoms with van der Waals surface area (Å²) in [7, 11) is 1.43. The van der Waals surface area contributed by atoms with Gasteiger partial charge in [-0.1, -0.05) is 0 Å². The normalized spacial score (nSPS) is 14.9. The van der Waals surface area contributed by atoms with E-state index in [0.29, 0.717) is 42.6 Å². The van der Waals surface area contributed by atoms with Crippen LogP contribution in [0, 0.1) is 0 Å². The summed E-state index contributed by atoms with van der Waals surface area (Å²) in [6.45, 7) is 6.57. The van der Waals surface area contributed by atoms with Gasteiger partial charge in [0.25, 0.3) is 11.8 Å². The van der Waals surface area contributed by atoms with Crippen molar-refractivity contribution in [2.24, 2.45) is 0 Å². The van der Waals surface area contributed by atoms with Gasteiger partial charge in [-0.05, 0) is 26.8 Å². The summed E-state index contributed by atoms with van der Waals surface area (Å²) in [5.41, 5.74) is 0.812. The highest BCUT2D eigenvalue weighted by atomic mass is 16.5. The fourth-order valence-corrected chi connectivity index (χ4v) is 2.47. The van der Waals surface area contributed by atoms with Crippen LogP contribution in [0.2, 0.25) is 0 Å². The predicted octanol–water partition coefficient (Wildman–Crippen LogP) is 2.14. The molecule has 130 valence electrons. The van der Waals surface area contributed by atoms with Crippen LogP contribution in [0.3, 0.4) is 0 Å². The first-order valence-corrected chi connectivity index (χ1v) is 7.77. The highest BCUT2D eigenvalue weighted by molar-refractivity contribution is 6.31. The van der Waals surface area contributed by atoms with Gasteiger partial charge in [0.2, 0.25) is 5.75 Å². The number of fused-ring (bicyclic) bond motifs is 1. The Bertz CT molecular complexity index is 680. The second-order valence-corrected chi connectivity index (χ2v) is 4.81. The van der Waals surface area contributed by atoms with Crippen LogP contribution in [0.5, 0.6) is 17.2 Å². The van der Waals surface area contributed by atoms with Crippen LogP contribution < -0.4 is 19.5 Å². The first-order valence-electron chi connectivity index (χ1n) is 7.77.